The van der Waals surface area contributed by atoms with Crippen molar-refractivity contribution in [2.75, 3.05) is 0 Å². The first-order chi connectivity index (χ1) is 7.61. The van der Waals surface area contributed by atoms with Gasteiger partial charge in [0.25, 0.3) is 0 Å². The number of fused-ring (bicyclic) bond motifs is 1. The molecule has 16 heavy (non-hydrogen) atoms. The van der Waals surface area contributed by atoms with Crippen LogP contribution in [0.2, 0.25) is 0 Å². The van der Waals surface area contributed by atoms with E-state index in [0.717, 1.165) is 23.1 Å². The summed E-state index contributed by atoms with van der Waals surface area (Å²) in [5, 5.41) is 8.93. The minimum Gasteiger partial charge on any atom is -0.481 e. The van der Waals surface area contributed by atoms with Crippen LogP contribution in [0.1, 0.15) is 34.8 Å². The average Bonchev–Trinajstić information content (AvgIpc) is 2.28. The van der Waals surface area contributed by atoms with Crippen LogP contribution in [0.3, 0.4) is 0 Å². The van der Waals surface area contributed by atoms with Gasteiger partial charge in [0.2, 0.25) is 0 Å². The van der Waals surface area contributed by atoms with Crippen molar-refractivity contribution >= 4 is 11.8 Å². The lowest BCUT2D eigenvalue weighted by Crippen LogP contribution is -2.26. The molecule has 0 fully saturated rings. The topological polar surface area (TPSA) is 54.4 Å². The van der Waals surface area contributed by atoms with Crippen LogP contribution in [0.5, 0.6) is 0 Å². The first kappa shape index (κ1) is 10.9. The second kappa shape index (κ2) is 4.08. The van der Waals surface area contributed by atoms with Gasteiger partial charge < -0.3 is 5.11 Å². The predicted octanol–water partition coefficient (Wildman–Crippen LogP) is 2.08. The van der Waals surface area contributed by atoms with Crippen LogP contribution in [-0.4, -0.2) is 16.9 Å². The Morgan fingerprint density at radius 1 is 1.44 bits per heavy atom. The Morgan fingerprint density at radius 2 is 2.19 bits per heavy atom. The van der Waals surface area contributed by atoms with Gasteiger partial charge in [-0.3, -0.25) is 9.59 Å². The Balaban J connectivity index is 2.38. The number of aryl methyl sites for hydroxylation is 1. The third-order valence-electron chi connectivity index (χ3n) is 3.13. The highest BCUT2D eigenvalue weighted by Crippen LogP contribution is 2.26. The van der Waals surface area contributed by atoms with Crippen LogP contribution >= 0.6 is 0 Å². The van der Waals surface area contributed by atoms with Crippen LogP contribution in [-0.2, 0) is 17.6 Å². The van der Waals surface area contributed by atoms with Gasteiger partial charge in [0.15, 0.2) is 5.78 Å². The number of benzene rings is 1. The van der Waals surface area contributed by atoms with Crippen molar-refractivity contribution in [2.24, 2.45) is 5.92 Å². The van der Waals surface area contributed by atoms with Gasteiger partial charge in [0, 0.05) is 12.0 Å². The summed E-state index contributed by atoms with van der Waals surface area (Å²) in [6, 6.07) is 5.76. The summed E-state index contributed by atoms with van der Waals surface area (Å²) in [5.74, 6) is -1.46. The number of hydrogen-bond donors (Lipinski definition) is 1. The van der Waals surface area contributed by atoms with E-state index in [-0.39, 0.29) is 12.2 Å². The molecular weight excluding hydrogens is 204 g/mol. The molecule has 1 unspecified atom stereocenters. The van der Waals surface area contributed by atoms with E-state index >= 15 is 0 Å². The predicted molar refractivity (Wildman–Crippen MR) is 59.6 cm³/mol. The first-order valence-corrected chi connectivity index (χ1v) is 5.49. The number of rotatable bonds is 2. The molecule has 1 aromatic carbocycles. The molecule has 0 aromatic heterocycles. The lowest BCUT2D eigenvalue weighted by Gasteiger charge is -2.20. The Hall–Kier alpha value is -1.64. The highest BCUT2D eigenvalue weighted by Gasteiger charge is 2.29. The van der Waals surface area contributed by atoms with E-state index in [4.69, 9.17) is 5.11 Å². The zero-order chi connectivity index (χ0) is 11.7. The molecule has 2 rings (SSSR count). The summed E-state index contributed by atoms with van der Waals surface area (Å²) in [6.07, 6.45) is 1.50. The van der Waals surface area contributed by atoms with E-state index < -0.39 is 11.9 Å². The molecule has 0 aliphatic heterocycles. The number of aliphatic carboxylic acids is 1. The van der Waals surface area contributed by atoms with Crippen LogP contribution in [0.25, 0.3) is 0 Å². The molecule has 0 heterocycles. The monoisotopic (exact) mass is 218 g/mol. The Bertz CT molecular complexity index is 448. The minimum absolute atomic E-state index is 0.0380. The minimum atomic E-state index is -0.876. The van der Waals surface area contributed by atoms with Gasteiger partial charge in [-0.05, 0) is 30.0 Å². The van der Waals surface area contributed by atoms with Crippen molar-refractivity contribution in [3.05, 3.63) is 34.9 Å². The second-order valence-electron chi connectivity index (χ2n) is 4.21. The molecule has 3 heteroatoms. The normalized spacial score (nSPS) is 19.3. The quantitative estimate of drug-likeness (QED) is 0.826. The second-order valence-corrected chi connectivity index (χ2v) is 4.21. The average molecular weight is 218 g/mol. The molecule has 84 valence electrons. The molecule has 0 saturated carbocycles. The molecule has 1 N–H and O–H groups in total. The van der Waals surface area contributed by atoms with E-state index in [1.165, 1.54) is 0 Å². The lowest BCUT2D eigenvalue weighted by atomic mass is 9.82. The molecule has 1 atom stereocenters. The van der Waals surface area contributed by atoms with Crippen LogP contribution in [0.15, 0.2) is 18.2 Å². The van der Waals surface area contributed by atoms with E-state index in [0.29, 0.717) is 6.42 Å². The Morgan fingerprint density at radius 3 is 2.81 bits per heavy atom. The fraction of sp³-hybridized carbons (Fsp3) is 0.385. The van der Waals surface area contributed by atoms with Crippen molar-refractivity contribution < 1.29 is 14.7 Å². The number of Topliss-reactive ketones (excluding diaryl/α,β-unsaturated/α-hetero) is 1. The maximum Gasteiger partial charge on any atom is 0.307 e. The molecule has 3 nitrogen and oxygen atoms in total. The molecule has 0 saturated heterocycles. The summed E-state index contributed by atoms with van der Waals surface area (Å²) in [7, 11) is 0. The van der Waals surface area contributed by atoms with Crippen LogP contribution in [0, 0.1) is 5.92 Å². The van der Waals surface area contributed by atoms with Crippen LogP contribution < -0.4 is 0 Å². The summed E-state index contributed by atoms with van der Waals surface area (Å²) in [5.41, 5.74) is 2.72. The summed E-state index contributed by atoms with van der Waals surface area (Å²) < 4.78 is 0. The summed E-state index contributed by atoms with van der Waals surface area (Å²) in [6.45, 7) is 2.04. The van der Waals surface area contributed by atoms with Crippen molar-refractivity contribution in [3.8, 4) is 0 Å². The van der Waals surface area contributed by atoms with Crippen molar-refractivity contribution in [1.82, 2.24) is 0 Å². The smallest absolute Gasteiger partial charge is 0.307 e. The molecule has 1 aromatic rings. The summed E-state index contributed by atoms with van der Waals surface area (Å²) in [4.78, 5) is 22.7. The number of carboxylic acids is 1. The number of carbonyl (C=O) groups excluding carboxylic acids is 1. The number of carbonyl (C=O) groups is 2. The molecule has 0 radical (unpaired) electrons. The van der Waals surface area contributed by atoms with E-state index in [1.54, 1.807) is 0 Å². The zero-order valence-electron chi connectivity index (χ0n) is 9.19. The summed E-state index contributed by atoms with van der Waals surface area (Å²) >= 11 is 0. The van der Waals surface area contributed by atoms with Gasteiger partial charge in [-0.1, -0.05) is 19.1 Å². The maximum absolute atomic E-state index is 11.8. The third-order valence-corrected chi connectivity index (χ3v) is 3.13. The fourth-order valence-electron chi connectivity index (χ4n) is 2.13. The SMILES string of the molecule is CCc1ccc2c(c1)C(=O)CC(C(=O)O)C2. The van der Waals surface area contributed by atoms with E-state index in [9.17, 15) is 9.59 Å². The molecule has 0 bridgehead atoms. The zero-order valence-corrected chi connectivity index (χ0v) is 9.19. The lowest BCUT2D eigenvalue weighted by molar-refractivity contribution is -0.141. The highest BCUT2D eigenvalue weighted by atomic mass is 16.4. The Labute approximate surface area is 94.1 Å². The van der Waals surface area contributed by atoms with E-state index in [2.05, 4.69) is 0 Å². The van der Waals surface area contributed by atoms with Gasteiger partial charge in [-0.25, -0.2) is 0 Å². The third kappa shape index (κ3) is 1.85. The van der Waals surface area contributed by atoms with Crippen molar-refractivity contribution in [1.29, 1.82) is 0 Å². The molecule has 0 amide bonds. The highest BCUT2D eigenvalue weighted by molar-refractivity contribution is 6.01. The first-order valence-electron chi connectivity index (χ1n) is 5.49. The van der Waals surface area contributed by atoms with Gasteiger partial charge in [-0.15, -0.1) is 0 Å². The van der Waals surface area contributed by atoms with Gasteiger partial charge in [0.1, 0.15) is 0 Å². The van der Waals surface area contributed by atoms with Crippen LogP contribution in [0.4, 0.5) is 0 Å². The van der Waals surface area contributed by atoms with Crippen molar-refractivity contribution in [3.63, 3.8) is 0 Å². The molecule has 0 spiro atoms. The van der Waals surface area contributed by atoms with Gasteiger partial charge in [0.05, 0.1) is 5.92 Å². The van der Waals surface area contributed by atoms with Gasteiger partial charge >= 0.3 is 5.97 Å². The van der Waals surface area contributed by atoms with Crippen molar-refractivity contribution in [2.45, 2.75) is 26.2 Å². The standard InChI is InChI=1S/C13H14O3/c1-2-8-3-4-9-6-10(13(15)16)7-12(14)11(9)5-8/h3-5,10H,2,6-7H2,1H3,(H,15,16). The molecular formula is C13H14O3. The number of hydrogen-bond acceptors (Lipinski definition) is 2. The molecule has 1 aliphatic carbocycles. The molecule has 1 aliphatic rings. The fourth-order valence-corrected chi connectivity index (χ4v) is 2.13. The maximum atomic E-state index is 11.8. The van der Waals surface area contributed by atoms with E-state index in [1.807, 2.05) is 25.1 Å². The number of carboxylic acid groups (broad SMARTS) is 1. The Kier molecular flexibility index (Phi) is 2.77. The largest absolute Gasteiger partial charge is 0.481 e. The van der Waals surface area contributed by atoms with Gasteiger partial charge in [-0.2, -0.15) is 0 Å². The number of ketones is 1.